The van der Waals surface area contributed by atoms with Crippen molar-refractivity contribution in [2.24, 2.45) is 34.5 Å². The minimum atomic E-state index is -0.516. The molecule has 3 heteroatoms. The van der Waals surface area contributed by atoms with E-state index in [4.69, 9.17) is 0 Å². The summed E-state index contributed by atoms with van der Waals surface area (Å²) in [5, 5.41) is 11.4. The van der Waals surface area contributed by atoms with E-state index in [1.165, 1.54) is 95.7 Å². The van der Waals surface area contributed by atoms with Gasteiger partial charge in [-0.1, -0.05) is 71.3 Å². The van der Waals surface area contributed by atoms with Gasteiger partial charge in [-0.2, -0.15) is 0 Å². The number of unbranched alkanes of at least 4 members (excludes halogenated alkanes) is 7. The molecule has 0 aromatic carbocycles. The van der Waals surface area contributed by atoms with Crippen LogP contribution in [0.3, 0.4) is 0 Å². The third-order valence-corrected chi connectivity index (χ3v) is 12.2. The maximum absolute atomic E-state index is 12.4. The van der Waals surface area contributed by atoms with E-state index in [1.807, 2.05) is 0 Å². The molecule has 3 nitrogen and oxygen atoms in total. The highest BCUT2D eigenvalue weighted by atomic mass is 16.3. The Bertz CT molecular complexity index is 802. The number of hydrogen-bond donors (Lipinski definition) is 1. The summed E-state index contributed by atoms with van der Waals surface area (Å²) in [4.78, 5) is 14.9. The Morgan fingerprint density at radius 1 is 0.892 bits per heavy atom. The third-order valence-electron chi connectivity index (χ3n) is 12.2. The van der Waals surface area contributed by atoms with E-state index in [0.717, 1.165) is 38.0 Å². The second kappa shape index (κ2) is 12.2. The van der Waals surface area contributed by atoms with Gasteiger partial charge in [0.25, 0.3) is 0 Å². The maximum Gasteiger partial charge on any atom is 0.155 e. The number of allylic oxidation sites excluding steroid dienone is 1. The molecule has 37 heavy (non-hydrogen) atoms. The van der Waals surface area contributed by atoms with Crippen molar-refractivity contribution in [3.8, 4) is 0 Å². The van der Waals surface area contributed by atoms with Crippen LogP contribution in [0, 0.1) is 34.5 Å². The molecule has 2 unspecified atom stereocenters. The summed E-state index contributed by atoms with van der Waals surface area (Å²) >= 11 is 0. The van der Waals surface area contributed by atoms with Crippen molar-refractivity contribution in [1.82, 2.24) is 4.90 Å². The number of fused-ring (bicyclic) bond motifs is 5. The fraction of sp³-hybridized carbons (Fsp3) is 0.912. The summed E-state index contributed by atoms with van der Waals surface area (Å²) in [6.07, 6.45) is 23.1. The van der Waals surface area contributed by atoms with E-state index < -0.39 is 5.60 Å². The van der Waals surface area contributed by atoms with Crippen LogP contribution >= 0.6 is 0 Å². The molecule has 0 radical (unpaired) electrons. The normalized spacial score (nSPS) is 39.3. The highest BCUT2D eigenvalue weighted by Gasteiger charge is 2.64. The molecule has 4 aliphatic carbocycles. The molecule has 0 saturated heterocycles. The average Bonchev–Trinajstić information content (AvgIpc) is 3.11. The molecule has 7 atom stereocenters. The molecule has 4 rings (SSSR count). The lowest BCUT2D eigenvalue weighted by Gasteiger charge is -2.61. The van der Waals surface area contributed by atoms with Gasteiger partial charge in [0, 0.05) is 6.42 Å². The van der Waals surface area contributed by atoms with Gasteiger partial charge in [0.05, 0.1) is 5.60 Å². The van der Waals surface area contributed by atoms with E-state index in [9.17, 15) is 9.90 Å². The molecule has 0 aromatic rings. The highest BCUT2D eigenvalue weighted by Crippen LogP contribution is 2.69. The molecule has 0 amide bonds. The van der Waals surface area contributed by atoms with E-state index in [0.29, 0.717) is 23.5 Å². The van der Waals surface area contributed by atoms with Crippen molar-refractivity contribution in [2.75, 3.05) is 20.1 Å². The van der Waals surface area contributed by atoms with E-state index in [-0.39, 0.29) is 10.8 Å². The van der Waals surface area contributed by atoms with Crippen molar-refractivity contribution < 1.29 is 9.90 Å². The Labute approximate surface area is 229 Å². The minimum absolute atomic E-state index is 0.0685. The number of nitrogens with zero attached hydrogens (tertiary/aromatic N) is 1. The van der Waals surface area contributed by atoms with Crippen LogP contribution in [-0.2, 0) is 4.79 Å². The van der Waals surface area contributed by atoms with Crippen LogP contribution in [-0.4, -0.2) is 41.5 Å². The van der Waals surface area contributed by atoms with Crippen LogP contribution in [0.15, 0.2) is 11.6 Å². The molecular formula is C34H59NO2. The van der Waals surface area contributed by atoms with E-state index in [1.54, 1.807) is 0 Å². The first-order valence-electron chi connectivity index (χ1n) is 16.3. The second-order valence-corrected chi connectivity index (χ2v) is 14.5. The van der Waals surface area contributed by atoms with Crippen LogP contribution < -0.4 is 0 Å². The zero-order valence-electron chi connectivity index (χ0n) is 25.1. The molecule has 0 aliphatic heterocycles. The summed E-state index contributed by atoms with van der Waals surface area (Å²) in [5.74, 6) is 3.15. The van der Waals surface area contributed by atoms with Crippen molar-refractivity contribution in [2.45, 2.75) is 142 Å². The number of rotatable bonds is 13. The lowest BCUT2D eigenvalue weighted by molar-refractivity contribution is -0.135. The summed E-state index contributed by atoms with van der Waals surface area (Å²) in [6, 6.07) is 0. The zero-order chi connectivity index (χ0) is 26.7. The van der Waals surface area contributed by atoms with Crippen LogP contribution in [0.4, 0.5) is 0 Å². The number of aliphatic hydroxyl groups is 1. The van der Waals surface area contributed by atoms with Crippen molar-refractivity contribution in [3.63, 3.8) is 0 Å². The molecule has 4 aliphatic rings. The van der Waals surface area contributed by atoms with Crippen LogP contribution in [0.5, 0.6) is 0 Å². The van der Waals surface area contributed by atoms with Crippen LogP contribution in [0.1, 0.15) is 137 Å². The molecule has 0 bridgehead atoms. The minimum Gasteiger partial charge on any atom is -0.390 e. The van der Waals surface area contributed by atoms with Gasteiger partial charge in [0.15, 0.2) is 5.78 Å². The molecular weight excluding hydrogens is 454 g/mol. The Hall–Kier alpha value is -0.670. The van der Waals surface area contributed by atoms with Crippen molar-refractivity contribution in [3.05, 3.63) is 11.6 Å². The van der Waals surface area contributed by atoms with Crippen molar-refractivity contribution in [1.29, 1.82) is 0 Å². The van der Waals surface area contributed by atoms with Gasteiger partial charge in [-0.15, -0.1) is 0 Å². The Balaban J connectivity index is 1.30. The predicted octanol–water partition coefficient (Wildman–Crippen LogP) is 8.35. The SMILES string of the molecule is CCCCN(C)CCCCCCCCCC1CC2=CC(=O)CC[C@]2(C)[C@@H]2CC[C@@]3(C)[C@@H](CCC3(C)O)[C@H]12. The molecule has 212 valence electrons. The predicted molar refractivity (Wildman–Crippen MR) is 156 cm³/mol. The quantitative estimate of drug-likeness (QED) is 0.252. The van der Waals surface area contributed by atoms with Gasteiger partial charge in [0.2, 0.25) is 0 Å². The van der Waals surface area contributed by atoms with Gasteiger partial charge in [-0.05, 0) is 125 Å². The molecule has 0 heterocycles. The molecule has 3 fully saturated rings. The maximum atomic E-state index is 12.4. The van der Waals surface area contributed by atoms with Crippen LogP contribution in [0.25, 0.3) is 0 Å². The van der Waals surface area contributed by atoms with Gasteiger partial charge in [-0.3, -0.25) is 4.79 Å². The molecule has 0 spiro atoms. The summed E-state index contributed by atoms with van der Waals surface area (Å²) in [5.41, 5.74) is 1.26. The van der Waals surface area contributed by atoms with Gasteiger partial charge in [-0.25, -0.2) is 0 Å². The van der Waals surface area contributed by atoms with Gasteiger partial charge >= 0.3 is 0 Å². The first-order chi connectivity index (χ1) is 17.6. The first-order valence-corrected chi connectivity index (χ1v) is 16.3. The summed E-state index contributed by atoms with van der Waals surface area (Å²) < 4.78 is 0. The Morgan fingerprint density at radius 2 is 1.54 bits per heavy atom. The topological polar surface area (TPSA) is 40.5 Å². The highest BCUT2D eigenvalue weighted by molar-refractivity contribution is 5.91. The summed E-state index contributed by atoms with van der Waals surface area (Å²) in [7, 11) is 2.27. The first kappa shape index (κ1) is 29.3. The third kappa shape index (κ3) is 6.08. The van der Waals surface area contributed by atoms with E-state index >= 15 is 0 Å². The fourth-order valence-corrected chi connectivity index (χ4v) is 9.46. The number of ketones is 1. The fourth-order valence-electron chi connectivity index (χ4n) is 9.46. The average molecular weight is 514 g/mol. The summed E-state index contributed by atoms with van der Waals surface area (Å²) in [6.45, 7) is 11.8. The van der Waals surface area contributed by atoms with Crippen molar-refractivity contribution >= 4 is 5.78 Å². The molecule has 3 saturated carbocycles. The number of hydrogen-bond acceptors (Lipinski definition) is 3. The van der Waals surface area contributed by atoms with Gasteiger partial charge < -0.3 is 10.0 Å². The van der Waals surface area contributed by atoms with E-state index in [2.05, 4.69) is 45.7 Å². The van der Waals surface area contributed by atoms with Gasteiger partial charge in [0.1, 0.15) is 0 Å². The standard InChI is InChI=1S/C34H59NO2/c1-6-7-22-35(5)23-14-12-10-8-9-11-13-15-26-24-27-25-28(36)16-19-32(27,2)29-17-20-33(3)30(31(26)29)18-21-34(33,4)37/h25-26,29-31,37H,6-24H2,1-5H3/t26?,29-,30+,31-,32+,33+,34?/m1/s1. The molecule has 0 aromatic heterocycles. The lowest BCUT2D eigenvalue weighted by atomic mass is 9.44. The largest absolute Gasteiger partial charge is 0.390 e. The monoisotopic (exact) mass is 513 g/mol. The Morgan fingerprint density at radius 3 is 2.27 bits per heavy atom. The van der Waals surface area contributed by atoms with Crippen LogP contribution in [0.2, 0.25) is 0 Å². The molecule has 1 N–H and O–H groups in total. The Kier molecular flexibility index (Phi) is 9.70. The smallest absolute Gasteiger partial charge is 0.155 e. The number of carbonyl (C=O) groups excluding carboxylic acids is 1. The second-order valence-electron chi connectivity index (χ2n) is 14.5. The number of carbonyl (C=O) groups is 1. The zero-order valence-corrected chi connectivity index (χ0v) is 25.1. The lowest BCUT2D eigenvalue weighted by Crippen LogP contribution is -2.56.